The van der Waals surface area contributed by atoms with Crippen molar-refractivity contribution in [3.63, 3.8) is 0 Å². The third kappa shape index (κ3) is 8.39. The van der Waals surface area contributed by atoms with Crippen molar-refractivity contribution in [3.8, 4) is 0 Å². The second-order valence-corrected chi connectivity index (χ2v) is 10.8. The van der Waals surface area contributed by atoms with E-state index in [1.807, 2.05) is 65.7 Å². The zero-order chi connectivity index (χ0) is 28.3. The predicted octanol–water partition coefficient (Wildman–Crippen LogP) is 7.30. The fraction of sp³-hybridized carbons (Fsp3) is 0.273. The van der Waals surface area contributed by atoms with E-state index in [2.05, 4.69) is 27.4 Å². The number of hydrogen-bond donors (Lipinski definition) is 0. The third-order valence-corrected chi connectivity index (χ3v) is 7.38. The van der Waals surface area contributed by atoms with E-state index >= 15 is 0 Å². The maximum absolute atomic E-state index is 13.9. The molecule has 208 valence electrons. The number of rotatable bonds is 13. The molecule has 0 spiro atoms. The van der Waals surface area contributed by atoms with Crippen molar-refractivity contribution in [1.82, 2.24) is 14.4 Å². The number of hydrogen-bond acceptors (Lipinski definition) is 2. The number of unbranched alkanes of at least 4 members (excludes halogenated alkanes) is 2. The minimum absolute atomic E-state index is 0.00408. The second-order valence-electron chi connectivity index (χ2n) is 9.93. The van der Waals surface area contributed by atoms with Crippen LogP contribution in [0, 0.1) is 5.82 Å². The van der Waals surface area contributed by atoms with E-state index in [0.717, 1.165) is 40.6 Å². The van der Waals surface area contributed by atoms with E-state index in [1.54, 1.807) is 29.2 Å². The highest BCUT2D eigenvalue weighted by molar-refractivity contribution is 9.10. The molecular formula is C33H35BrFN3O2. The maximum Gasteiger partial charge on any atom is 0.254 e. The molecule has 2 amide bonds. The molecule has 40 heavy (non-hydrogen) atoms. The Morgan fingerprint density at radius 2 is 1.52 bits per heavy atom. The lowest BCUT2D eigenvalue weighted by Crippen LogP contribution is -2.43. The number of nitrogens with zero attached hydrogens (tertiary/aromatic N) is 3. The van der Waals surface area contributed by atoms with Crippen molar-refractivity contribution >= 4 is 27.7 Å². The van der Waals surface area contributed by atoms with Gasteiger partial charge in [-0.2, -0.15) is 0 Å². The number of aromatic nitrogens is 1. The highest BCUT2D eigenvalue weighted by Gasteiger charge is 2.23. The second kappa shape index (κ2) is 14.6. The lowest BCUT2D eigenvalue weighted by Gasteiger charge is -2.28. The van der Waals surface area contributed by atoms with Gasteiger partial charge in [0, 0.05) is 41.6 Å². The Morgan fingerprint density at radius 1 is 0.800 bits per heavy atom. The summed E-state index contributed by atoms with van der Waals surface area (Å²) >= 11 is 3.43. The summed E-state index contributed by atoms with van der Waals surface area (Å²) in [6.07, 6.45) is 4.83. The molecule has 0 bridgehead atoms. The van der Waals surface area contributed by atoms with Gasteiger partial charge in [0.15, 0.2) is 0 Å². The van der Waals surface area contributed by atoms with Crippen LogP contribution >= 0.6 is 15.9 Å². The topological polar surface area (TPSA) is 45.6 Å². The van der Waals surface area contributed by atoms with Gasteiger partial charge in [-0.15, -0.1) is 0 Å². The van der Waals surface area contributed by atoms with E-state index in [-0.39, 0.29) is 24.2 Å². The fourth-order valence-electron chi connectivity index (χ4n) is 4.61. The molecule has 7 heteroatoms. The highest BCUT2D eigenvalue weighted by atomic mass is 79.9. The van der Waals surface area contributed by atoms with Gasteiger partial charge in [0.1, 0.15) is 12.4 Å². The van der Waals surface area contributed by atoms with Gasteiger partial charge >= 0.3 is 0 Å². The molecule has 0 unspecified atom stereocenters. The normalized spacial score (nSPS) is 10.9. The summed E-state index contributed by atoms with van der Waals surface area (Å²) in [6.45, 7) is 4.03. The van der Waals surface area contributed by atoms with E-state index in [9.17, 15) is 14.0 Å². The van der Waals surface area contributed by atoms with Crippen LogP contribution in [0.25, 0.3) is 0 Å². The average Bonchev–Trinajstić information content (AvgIpc) is 3.40. The first kappa shape index (κ1) is 29.3. The van der Waals surface area contributed by atoms with Gasteiger partial charge in [0.05, 0.1) is 6.54 Å². The molecule has 3 aromatic carbocycles. The van der Waals surface area contributed by atoms with Gasteiger partial charge in [0.25, 0.3) is 5.91 Å². The largest absolute Gasteiger partial charge is 0.345 e. The van der Waals surface area contributed by atoms with Gasteiger partial charge in [-0.3, -0.25) is 9.59 Å². The molecule has 0 saturated carbocycles. The number of halogens is 2. The van der Waals surface area contributed by atoms with Crippen LogP contribution in [0.4, 0.5) is 4.39 Å². The monoisotopic (exact) mass is 603 g/mol. The molecule has 0 fully saturated rings. The standard InChI is InChI=1S/C33H35BrFN3O2/c1-2-3-7-20-37(33(40)28-14-16-29(34)17-15-28)25-32(39)38(23-26-9-5-4-6-10-26)24-31-11-8-21-36(31)22-27-12-18-30(35)19-13-27/h4-6,8-19,21H,2-3,7,20,22-25H2,1H3. The van der Waals surface area contributed by atoms with Gasteiger partial charge in [-0.05, 0) is 66.1 Å². The molecule has 5 nitrogen and oxygen atoms in total. The fourth-order valence-corrected chi connectivity index (χ4v) is 4.87. The maximum atomic E-state index is 13.9. The van der Waals surface area contributed by atoms with Crippen molar-refractivity contribution in [2.45, 2.75) is 45.8 Å². The summed E-state index contributed by atoms with van der Waals surface area (Å²) in [7, 11) is 0. The van der Waals surface area contributed by atoms with Crippen LogP contribution in [0.3, 0.4) is 0 Å². The van der Waals surface area contributed by atoms with Crippen molar-refractivity contribution < 1.29 is 14.0 Å². The zero-order valence-electron chi connectivity index (χ0n) is 22.8. The van der Waals surface area contributed by atoms with E-state index in [4.69, 9.17) is 0 Å². The molecule has 0 N–H and O–H groups in total. The van der Waals surface area contributed by atoms with Crippen molar-refractivity contribution in [3.05, 3.63) is 130 Å². The molecule has 0 aliphatic rings. The van der Waals surface area contributed by atoms with Crippen LogP contribution in [0.2, 0.25) is 0 Å². The first-order valence-corrected chi connectivity index (χ1v) is 14.5. The van der Waals surface area contributed by atoms with Crippen LogP contribution < -0.4 is 0 Å². The summed E-state index contributed by atoms with van der Waals surface area (Å²) in [4.78, 5) is 30.9. The Hall–Kier alpha value is -3.71. The quantitative estimate of drug-likeness (QED) is 0.150. The lowest BCUT2D eigenvalue weighted by molar-refractivity contribution is -0.133. The van der Waals surface area contributed by atoms with E-state index in [0.29, 0.717) is 31.7 Å². The summed E-state index contributed by atoms with van der Waals surface area (Å²) in [5.74, 6) is -0.520. The first-order chi connectivity index (χ1) is 19.4. The Morgan fingerprint density at radius 3 is 2.23 bits per heavy atom. The predicted molar refractivity (Wildman–Crippen MR) is 160 cm³/mol. The molecule has 4 aromatic rings. The minimum atomic E-state index is -0.266. The molecule has 0 saturated heterocycles. The van der Waals surface area contributed by atoms with Gasteiger partial charge in [0.2, 0.25) is 5.91 Å². The highest BCUT2D eigenvalue weighted by Crippen LogP contribution is 2.17. The van der Waals surface area contributed by atoms with Gasteiger partial charge in [-0.25, -0.2) is 4.39 Å². The molecule has 0 aliphatic carbocycles. The van der Waals surface area contributed by atoms with Crippen LogP contribution in [0.15, 0.2) is 102 Å². The van der Waals surface area contributed by atoms with E-state index in [1.165, 1.54) is 12.1 Å². The number of carbonyl (C=O) groups is 2. The van der Waals surface area contributed by atoms with Crippen molar-refractivity contribution in [2.75, 3.05) is 13.1 Å². The van der Waals surface area contributed by atoms with Crippen LogP contribution in [0.5, 0.6) is 0 Å². The molecule has 1 aromatic heterocycles. The first-order valence-electron chi connectivity index (χ1n) is 13.7. The zero-order valence-corrected chi connectivity index (χ0v) is 24.4. The van der Waals surface area contributed by atoms with Gasteiger partial charge in [-0.1, -0.05) is 78.2 Å². The Kier molecular flexibility index (Phi) is 10.7. The molecule has 4 rings (SSSR count). The average molecular weight is 605 g/mol. The SMILES string of the molecule is CCCCCN(CC(=O)N(Cc1ccccc1)Cc1cccn1Cc1ccc(F)cc1)C(=O)c1ccc(Br)cc1. The summed E-state index contributed by atoms with van der Waals surface area (Å²) in [5.41, 5.74) is 3.52. The number of amides is 2. The molecule has 0 aliphatic heterocycles. The van der Waals surface area contributed by atoms with Crippen molar-refractivity contribution in [1.29, 1.82) is 0 Å². The van der Waals surface area contributed by atoms with Gasteiger partial charge < -0.3 is 14.4 Å². The summed E-state index contributed by atoms with van der Waals surface area (Å²) < 4.78 is 16.4. The Bertz CT molecular complexity index is 1370. The van der Waals surface area contributed by atoms with Crippen LogP contribution in [0.1, 0.15) is 53.4 Å². The lowest BCUT2D eigenvalue weighted by atomic mass is 10.1. The molecule has 1 heterocycles. The Labute approximate surface area is 244 Å². The molecular weight excluding hydrogens is 569 g/mol. The summed E-state index contributed by atoms with van der Waals surface area (Å²) in [5, 5.41) is 0. The number of carbonyl (C=O) groups excluding carboxylic acids is 2. The Balaban J connectivity index is 1.55. The minimum Gasteiger partial charge on any atom is -0.345 e. The smallest absolute Gasteiger partial charge is 0.254 e. The third-order valence-electron chi connectivity index (χ3n) is 6.85. The van der Waals surface area contributed by atoms with Crippen LogP contribution in [-0.2, 0) is 24.4 Å². The van der Waals surface area contributed by atoms with Crippen LogP contribution in [-0.4, -0.2) is 39.3 Å². The van der Waals surface area contributed by atoms with E-state index < -0.39 is 0 Å². The molecule has 0 radical (unpaired) electrons. The van der Waals surface area contributed by atoms with Crippen molar-refractivity contribution in [2.24, 2.45) is 0 Å². The number of benzene rings is 3. The molecule has 0 atom stereocenters. The summed E-state index contributed by atoms with van der Waals surface area (Å²) in [6, 6.07) is 27.6.